The predicted molar refractivity (Wildman–Crippen MR) is 114 cm³/mol. The van der Waals surface area contributed by atoms with Crippen LogP contribution in [0.1, 0.15) is 22.5 Å². The monoisotopic (exact) mass is 475 g/mol. The van der Waals surface area contributed by atoms with E-state index in [1.165, 1.54) is 36.4 Å². The number of aliphatic hydroxyl groups is 1. The van der Waals surface area contributed by atoms with Gasteiger partial charge in [-0.2, -0.15) is 13.9 Å². The summed E-state index contributed by atoms with van der Waals surface area (Å²) in [4.78, 5) is 3.80. The first kappa shape index (κ1) is 24.6. The van der Waals surface area contributed by atoms with Crippen molar-refractivity contribution in [3.05, 3.63) is 101 Å². The molecule has 0 fully saturated rings. The van der Waals surface area contributed by atoms with Crippen LogP contribution < -0.4 is 11.7 Å². The van der Waals surface area contributed by atoms with Gasteiger partial charge in [-0.3, -0.25) is 5.01 Å². The van der Waals surface area contributed by atoms with Crippen LogP contribution >= 0.6 is 0 Å². The molecule has 0 aliphatic rings. The van der Waals surface area contributed by atoms with Crippen LogP contribution in [0, 0.1) is 29.3 Å². The molecule has 0 bridgehead atoms. The molecule has 6 nitrogen and oxygen atoms in total. The number of hydrogen-bond donors (Lipinski definition) is 3. The molecule has 1 heterocycles. The minimum atomic E-state index is -4.25. The molecule has 1 unspecified atom stereocenters. The first-order chi connectivity index (χ1) is 16.1. The fraction of sp³-hybridized carbons (Fsp3) is 0.130. The van der Waals surface area contributed by atoms with Gasteiger partial charge in [-0.05, 0) is 54.5 Å². The molecule has 1 atom stereocenters. The number of nitrogens with zero attached hydrogens (tertiary/aromatic N) is 3. The molecule has 3 rings (SSSR count). The van der Waals surface area contributed by atoms with E-state index in [0.29, 0.717) is 22.7 Å². The summed E-state index contributed by atoms with van der Waals surface area (Å²) in [5.41, 5.74) is -4.90. The molecule has 2 aromatic carbocycles. The molecular formula is C23H18F5N5O. The highest BCUT2D eigenvalue weighted by molar-refractivity contribution is 5.54. The number of hydrazone groups is 1. The maximum Gasteiger partial charge on any atom is 0.323 e. The van der Waals surface area contributed by atoms with Gasteiger partial charge < -0.3 is 10.9 Å². The number of aromatic nitrogens is 1. The first-order valence-electron chi connectivity index (χ1n) is 9.62. The Balaban J connectivity index is 2.07. The molecule has 176 valence electrons. The second-order valence-corrected chi connectivity index (χ2v) is 7.16. The Morgan fingerprint density at radius 3 is 2.32 bits per heavy atom. The second-order valence-electron chi connectivity index (χ2n) is 7.16. The lowest BCUT2D eigenvalue weighted by molar-refractivity contribution is -0.203. The Morgan fingerprint density at radius 1 is 1.00 bits per heavy atom. The number of hydrazine groups is 1. The molecule has 3 aromatic rings. The summed E-state index contributed by atoms with van der Waals surface area (Å²) >= 11 is 0. The van der Waals surface area contributed by atoms with Crippen LogP contribution in [0.4, 0.5) is 22.0 Å². The Kier molecular flexibility index (Phi) is 7.14. The van der Waals surface area contributed by atoms with Crippen molar-refractivity contribution in [3.63, 3.8) is 0 Å². The SMILES string of the molecule is N/N=C\N(N)CC(O)(c1ccc(F)cc1F)C(F)(F)c1cccc(C#Cc2ccc(F)cc2)n1. The molecule has 0 saturated heterocycles. The zero-order valence-corrected chi connectivity index (χ0v) is 17.4. The van der Waals surface area contributed by atoms with Crippen LogP contribution in [-0.2, 0) is 11.5 Å². The van der Waals surface area contributed by atoms with Crippen molar-refractivity contribution in [2.45, 2.75) is 11.5 Å². The van der Waals surface area contributed by atoms with Gasteiger partial charge in [0.25, 0.3) is 0 Å². The van der Waals surface area contributed by atoms with E-state index in [-0.39, 0.29) is 5.69 Å². The lowest BCUT2D eigenvalue weighted by atomic mass is 9.84. The van der Waals surface area contributed by atoms with E-state index in [4.69, 9.17) is 11.7 Å². The second kappa shape index (κ2) is 9.86. The van der Waals surface area contributed by atoms with E-state index in [0.717, 1.165) is 18.5 Å². The summed E-state index contributed by atoms with van der Waals surface area (Å²) in [5, 5.41) is 14.7. The number of halogens is 5. The molecule has 0 radical (unpaired) electrons. The maximum absolute atomic E-state index is 15.7. The number of pyridine rings is 1. The van der Waals surface area contributed by atoms with Gasteiger partial charge in [0.05, 0.1) is 6.54 Å². The van der Waals surface area contributed by atoms with Crippen LogP contribution in [-0.4, -0.2) is 28.0 Å². The lowest BCUT2D eigenvalue weighted by Gasteiger charge is -2.37. The van der Waals surface area contributed by atoms with E-state index in [1.807, 2.05) is 0 Å². The van der Waals surface area contributed by atoms with Crippen LogP contribution in [0.3, 0.4) is 0 Å². The third kappa shape index (κ3) is 5.14. The van der Waals surface area contributed by atoms with Crippen molar-refractivity contribution in [2.24, 2.45) is 16.8 Å². The molecular weight excluding hydrogens is 457 g/mol. The van der Waals surface area contributed by atoms with Crippen LogP contribution in [0.15, 0.2) is 65.8 Å². The summed E-state index contributed by atoms with van der Waals surface area (Å²) < 4.78 is 72.4. The molecule has 11 heteroatoms. The molecule has 5 N–H and O–H groups in total. The fourth-order valence-corrected chi connectivity index (χ4v) is 3.13. The van der Waals surface area contributed by atoms with Crippen molar-refractivity contribution in [2.75, 3.05) is 6.54 Å². The van der Waals surface area contributed by atoms with E-state index >= 15 is 8.78 Å². The Labute approximate surface area is 191 Å². The largest absolute Gasteiger partial charge is 0.377 e. The zero-order chi connectivity index (χ0) is 24.9. The van der Waals surface area contributed by atoms with E-state index < -0.39 is 46.8 Å². The molecule has 0 amide bonds. The first-order valence-corrected chi connectivity index (χ1v) is 9.62. The van der Waals surface area contributed by atoms with Gasteiger partial charge in [-0.1, -0.05) is 12.0 Å². The van der Waals surface area contributed by atoms with Gasteiger partial charge in [0.1, 0.15) is 35.2 Å². The Bertz CT molecular complexity index is 1260. The summed E-state index contributed by atoms with van der Waals surface area (Å²) in [7, 11) is 0. The minimum Gasteiger partial charge on any atom is -0.377 e. The number of hydrogen-bond acceptors (Lipinski definition) is 5. The van der Waals surface area contributed by atoms with Gasteiger partial charge in [0.2, 0.25) is 0 Å². The zero-order valence-electron chi connectivity index (χ0n) is 17.4. The molecule has 34 heavy (non-hydrogen) atoms. The van der Waals surface area contributed by atoms with E-state index in [1.54, 1.807) is 0 Å². The number of rotatable bonds is 6. The normalized spacial score (nSPS) is 13.3. The van der Waals surface area contributed by atoms with Gasteiger partial charge in [0.15, 0.2) is 5.60 Å². The smallest absolute Gasteiger partial charge is 0.323 e. The molecule has 0 aliphatic carbocycles. The molecule has 0 spiro atoms. The fourth-order valence-electron chi connectivity index (χ4n) is 3.13. The van der Waals surface area contributed by atoms with Crippen LogP contribution in [0.25, 0.3) is 0 Å². The average Bonchev–Trinajstić information content (AvgIpc) is 2.78. The third-order valence-electron chi connectivity index (χ3n) is 4.77. The summed E-state index contributed by atoms with van der Waals surface area (Å²) in [5.74, 6) is 8.58. The number of alkyl halides is 2. The predicted octanol–water partition coefficient (Wildman–Crippen LogP) is 2.96. The van der Waals surface area contributed by atoms with Crippen LogP contribution in [0.2, 0.25) is 0 Å². The highest BCUT2D eigenvalue weighted by atomic mass is 19.3. The number of nitrogens with two attached hydrogens (primary N) is 2. The third-order valence-corrected chi connectivity index (χ3v) is 4.77. The molecule has 1 aromatic heterocycles. The molecule has 0 aliphatic heterocycles. The summed E-state index contributed by atoms with van der Waals surface area (Å²) in [6.45, 7) is -1.09. The average molecular weight is 475 g/mol. The van der Waals surface area contributed by atoms with Crippen molar-refractivity contribution in [1.29, 1.82) is 0 Å². The molecule has 0 saturated carbocycles. The summed E-state index contributed by atoms with van der Waals surface area (Å²) in [6, 6.07) is 10.4. The minimum absolute atomic E-state index is 0.100. The Morgan fingerprint density at radius 2 is 1.68 bits per heavy atom. The quantitative estimate of drug-likeness (QED) is 0.127. The van der Waals surface area contributed by atoms with E-state index in [9.17, 15) is 18.3 Å². The maximum atomic E-state index is 15.7. The van der Waals surface area contributed by atoms with Gasteiger partial charge >= 0.3 is 5.92 Å². The van der Waals surface area contributed by atoms with Crippen LogP contribution in [0.5, 0.6) is 0 Å². The van der Waals surface area contributed by atoms with Gasteiger partial charge in [-0.15, -0.1) is 0 Å². The van der Waals surface area contributed by atoms with Crippen molar-refractivity contribution in [1.82, 2.24) is 9.99 Å². The summed E-state index contributed by atoms with van der Waals surface area (Å²) in [6.07, 6.45) is 0.737. The number of benzene rings is 2. The topological polar surface area (TPSA) is 101 Å². The van der Waals surface area contributed by atoms with Crippen molar-refractivity contribution in [3.8, 4) is 11.8 Å². The standard InChI is InChI=1S/C23H18F5N5O/c24-16-7-4-15(5-8-16)6-10-18-2-1-3-21(32-18)23(27,28)22(34,13-33(30)14-31-29)19-11-9-17(25)12-20(19)26/h1-5,7-9,11-12,14,34H,13,29-30H2/b31-14-. The van der Waals surface area contributed by atoms with Gasteiger partial charge in [0, 0.05) is 17.2 Å². The lowest BCUT2D eigenvalue weighted by Crippen LogP contribution is -2.54. The highest BCUT2D eigenvalue weighted by Gasteiger charge is 2.58. The van der Waals surface area contributed by atoms with Crippen molar-refractivity contribution >= 4 is 6.34 Å². The Hall–Kier alpha value is -4.01. The highest BCUT2D eigenvalue weighted by Crippen LogP contribution is 2.46. The van der Waals surface area contributed by atoms with Crippen molar-refractivity contribution < 1.29 is 27.1 Å². The van der Waals surface area contributed by atoms with E-state index in [2.05, 4.69) is 21.9 Å². The van der Waals surface area contributed by atoms with Gasteiger partial charge in [-0.25, -0.2) is 24.0 Å².